The third-order valence-electron chi connectivity index (χ3n) is 11.7. The second-order valence-electron chi connectivity index (χ2n) is 18.1. The zero-order chi connectivity index (χ0) is 39.2. The summed E-state index contributed by atoms with van der Waals surface area (Å²) >= 11 is -3.38. The second-order valence-corrected chi connectivity index (χ2v) is 48.5. The summed E-state index contributed by atoms with van der Waals surface area (Å²) in [5, 5.41) is 18.7. The van der Waals surface area contributed by atoms with E-state index in [1.807, 2.05) is 65.8 Å². The van der Waals surface area contributed by atoms with E-state index in [4.69, 9.17) is 0 Å². The maximum absolute atomic E-state index is 9.33. The number of allylic oxidation sites excluding steroid dienone is 2. The van der Waals surface area contributed by atoms with Crippen LogP contribution in [0.5, 0.6) is 11.5 Å². The summed E-state index contributed by atoms with van der Waals surface area (Å²) in [5.74, 6) is 1.98. The topological polar surface area (TPSA) is 40.5 Å². The summed E-state index contributed by atoms with van der Waals surface area (Å²) in [5.41, 5.74) is 21.6. The van der Waals surface area contributed by atoms with Crippen LogP contribution < -0.4 is 0 Å². The van der Waals surface area contributed by atoms with Crippen LogP contribution in [0.4, 0.5) is 0 Å². The van der Waals surface area contributed by atoms with Gasteiger partial charge in [-0.25, -0.2) is 0 Å². The van der Waals surface area contributed by atoms with Crippen LogP contribution in [-0.2, 0) is 17.4 Å². The molecule has 2 unspecified atom stereocenters. The molecule has 4 heteroatoms. The monoisotopic (exact) mass is 792 g/mol. The van der Waals surface area contributed by atoms with Gasteiger partial charge in [0.05, 0.1) is 0 Å². The molecule has 0 saturated heterocycles. The second kappa shape index (κ2) is 15.4. The maximum Gasteiger partial charge on any atom is 0.121 e. The molecule has 0 radical (unpaired) electrons. The van der Waals surface area contributed by atoms with Gasteiger partial charge in [0.25, 0.3) is 0 Å². The van der Waals surface area contributed by atoms with Crippen LogP contribution in [0.25, 0.3) is 12.2 Å². The van der Waals surface area contributed by atoms with Crippen molar-refractivity contribution in [2.75, 3.05) is 0 Å². The quantitative estimate of drug-likeness (QED) is 0.202. The van der Waals surface area contributed by atoms with Crippen LogP contribution in [0.3, 0.4) is 0 Å². The molecule has 2 aliphatic rings. The molecule has 4 aromatic carbocycles. The average Bonchev–Trinajstić information content (AvgIpc) is 3.56. The van der Waals surface area contributed by atoms with E-state index in [1.165, 1.54) is 44.5 Å². The standard InChI is InChI=1S/2C14H17.2C9H12O.2CH3.H2Si.Zr/c2*1-9(2)12-7-11(4)14-6-10(3)5-13(14)8-12;2*1-6-4-7(2)9(10)8(3)5-6;;;;/h2*5-9H,1-4H3;2*4-5,10H,1-3H3;2*1H3;1H2;. The Bertz CT molecular complexity index is 1960. The van der Waals surface area contributed by atoms with Crippen molar-refractivity contribution in [1.82, 2.24) is 0 Å². The first-order chi connectivity index (χ1) is 23.9. The van der Waals surface area contributed by atoms with Crippen molar-refractivity contribution >= 4 is 19.0 Å². The number of aryl methyl sites for hydroxylation is 8. The summed E-state index contributed by atoms with van der Waals surface area (Å²) < 4.78 is 6.74. The molecule has 2 N–H and O–H groups in total. The average molecular weight is 794 g/mol. The van der Waals surface area contributed by atoms with Crippen molar-refractivity contribution in [3.63, 3.8) is 0 Å². The van der Waals surface area contributed by atoms with Crippen molar-refractivity contribution in [2.45, 2.75) is 125 Å². The number of aromatic hydroxyl groups is 2. The van der Waals surface area contributed by atoms with E-state index in [0.717, 1.165) is 22.3 Å². The first-order valence-electron chi connectivity index (χ1n) is 19.2. The van der Waals surface area contributed by atoms with Gasteiger partial charge in [0.1, 0.15) is 11.5 Å². The Morgan fingerprint density at radius 2 is 0.769 bits per heavy atom. The number of benzene rings is 4. The number of fused-ring (bicyclic) bond motifs is 2. The van der Waals surface area contributed by atoms with Crippen LogP contribution in [0.15, 0.2) is 59.7 Å². The molecule has 2 nitrogen and oxygen atoms in total. The predicted molar refractivity (Wildman–Crippen MR) is 228 cm³/mol. The zero-order valence-electron chi connectivity index (χ0n) is 35.2. The molecule has 0 bridgehead atoms. The molecule has 6 rings (SSSR count). The smallest absolute Gasteiger partial charge is 0.121 e. The number of hydrogen-bond donors (Lipinski definition) is 2. The fourth-order valence-corrected chi connectivity index (χ4v) is 30.6. The maximum atomic E-state index is 9.33. The minimum absolute atomic E-state index is 0.422. The van der Waals surface area contributed by atoms with E-state index in [0.29, 0.717) is 30.6 Å². The normalized spacial score (nSPS) is 16.4. The molecule has 4 aromatic rings. The van der Waals surface area contributed by atoms with Gasteiger partial charge >= 0.3 is 200 Å². The molecule has 2 aliphatic carbocycles. The molecular formula is C48H66O2SiZr. The number of rotatable bonds is 4. The molecule has 0 spiro atoms. The fraction of sp³-hybridized carbons (Fsp3) is 0.417. The molecule has 2 atom stereocenters. The van der Waals surface area contributed by atoms with Gasteiger partial charge in [-0.15, -0.1) is 0 Å². The summed E-state index contributed by atoms with van der Waals surface area (Å²) in [6.07, 6.45) is 5.05. The Hall–Kier alpha value is -2.94. The van der Waals surface area contributed by atoms with Gasteiger partial charge in [-0.05, 0) is 63.8 Å². The first-order valence-corrected chi connectivity index (χ1v) is 32.9. The van der Waals surface area contributed by atoms with Crippen LogP contribution in [0.1, 0.15) is 139 Å². The fourth-order valence-electron chi connectivity index (χ4n) is 9.39. The van der Waals surface area contributed by atoms with E-state index < -0.39 is 17.4 Å². The summed E-state index contributed by atoms with van der Waals surface area (Å²) in [4.78, 5) is 0. The predicted octanol–water partition coefficient (Wildman–Crippen LogP) is 13.1. The van der Waals surface area contributed by atoms with Crippen molar-refractivity contribution in [3.05, 3.63) is 138 Å². The molecule has 0 aromatic heterocycles. The Labute approximate surface area is 319 Å². The van der Waals surface area contributed by atoms with Crippen molar-refractivity contribution in [1.29, 1.82) is 0 Å². The van der Waals surface area contributed by atoms with Crippen molar-refractivity contribution < 1.29 is 27.6 Å². The Morgan fingerprint density at radius 1 is 0.481 bits per heavy atom. The van der Waals surface area contributed by atoms with E-state index in [2.05, 4.69) is 108 Å². The van der Waals surface area contributed by atoms with Gasteiger partial charge < -0.3 is 10.2 Å². The van der Waals surface area contributed by atoms with Crippen LogP contribution in [0, 0.1) is 55.4 Å². The summed E-state index contributed by atoms with van der Waals surface area (Å²) in [6.45, 7) is 33.0. The van der Waals surface area contributed by atoms with Crippen LogP contribution in [-0.4, -0.2) is 17.1 Å². The summed E-state index contributed by atoms with van der Waals surface area (Å²) in [7, 11) is 0. The van der Waals surface area contributed by atoms with Crippen molar-refractivity contribution in [2.24, 2.45) is 0 Å². The molecule has 278 valence electrons. The third kappa shape index (κ3) is 8.39. The first kappa shape index (κ1) is 41.8. The SMILES string of the molecule is CC1=Cc2c(C)cc(C(C)C)cc2[CH]1[Zr]([CH3])([CH3])(=[SiH2])[CH]1C(C)=Cc2c(C)cc(C(C)C)cc21.Cc1cc(C)c(O)c(C)c1.Cc1cc(C)c(O)c(C)c1. The molecule has 0 aliphatic heterocycles. The van der Waals surface area contributed by atoms with E-state index in [1.54, 1.807) is 22.3 Å². The Balaban J connectivity index is 0.000000245. The van der Waals surface area contributed by atoms with Gasteiger partial charge in [-0.3, -0.25) is 0 Å². The molecule has 52 heavy (non-hydrogen) atoms. The number of hydrogen-bond acceptors (Lipinski definition) is 2. The minimum Gasteiger partial charge on any atom is -0.507 e. The molecule has 0 fully saturated rings. The molecular weight excluding hydrogens is 728 g/mol. The van der Waals surface area contributed by atoms with Gasteiger partial charge in [0.2, 0.25) is 0 Å². The summed E-state index contributed by atoms with van der Waals surface area (Å²) in [6, 6.07) is 17.9. The van der Waals surface area contributed by atoms with Crippen LogP contribution in [0.2, 0.25) is 9.26 Å². The Morgan fingerprint density at radius 3 is 1.04 bits per heavy atom. The van der Waals surface area contributed by atoms with E-state index in [9.17, 15) is 10.2 Å². The minimum atomic E-state index is -3.38. The Kier molecular flexibility index (Phi) is 12.4. The van der Waals surface area contributed by atoms with Crippen molar-refractivity contribution in [3.8, 4) is 11.5 Å². The number of phenols is 2. The largest absolute Gasteiger partial charge is 0.507 e. The zero-order valence-corrected chi connectivity index (χ0v) is 39.1. The molecule has 0 amide bonds. The van der Waals surface area contributed by atoms with Gasteiger partial charge in [-0.1, -0.05) is 35.4 Å². The van der Waals surface area contributed by atoms with Gasteiger partial charge in [0.15, 0.2) is 0 Å². The van der Waals surface area contributed by atoms with E-state index in [-0.39, 0.29) is 0 Å². The molecule has 0 heterocycles. The van der Waals surface area contributed by atoms with Gasteiger partial charge in [-0.2, -0.15) is 0 Å². The van der Waals surface area contributed by atoms with Crippen LogP contribution >= 0.6 is 0 Å². The molecule has 0 saturated carbocycles. The third-order valence-corrected chi connectivity index (χ3v) is 29.6. The van der Waals surface area contributed by atoms with Gasteiger partial charge in [0, 0.05) is 0 Å². The van der Waals surface area contributed by atoms with E-state index >= 15 is 0 Å². The number of phenolic OH excluding ortho intramolecular Hbond substituents is 2.